The Morgan fingerprint density at radius 2 is 1.76 bits per heavy atom. The summed E-state index contributed by atoms with van der Waals surface area (Å²) in [6.07, 6.45) is 1.60. The number of aryl methyl sites for hydroxylation is 1. The van der Waals surface area contributed by atoms with Gasteiger partial charge in [-0.15, -0.1) is 0 Å². The van der Waals surface area contributed by atoms with Crippen LogP contribution in [-0.2, 0) is 6.61 Å². The van der Waals surface area contributed by atoms with Crippen LogP contribution in [0.25, 0.3) is 0 Å². The highest BCUT2D eigenvalue weighted by atomic mass is 35.5. The number of carbonyl (C=O) groups is 1. The molecular weight excluding hydrogens is 448 g/mol. The molecule has 0 fully saturated rings. The summed E-state index contributed by atoms with van der Waals surface area (Å²) in [5.41, 5.74) is 8.19. The summed E-state index contributed by atoms with van der Waals surface area (Å²) in [5, 5.41) is 13.7. The Bertz CT molecular complexity index is 1190. The molecule has 0 aliphatic rings. The third-order valence-corrected chi connectivity index (χ3v) is 5.87. The van der Waals surface area contributed by atoms with E-state index >= 15 is 0 Å². The predicted molar refractivity (Wildman–Crippen MR) is 138 cm³/mol. The molecule has 178 valence electrons. The number of hydrogen-bond donors (Lipinski definition) is 2. The van der Waals surface area contributed by atoms with Crippen molar-refractivity contribution in [1.29, 1.82) is 0 Å². The standard InChI is InChI=1S/C28H31ClN2O3/c1-17(2)22-8-6-20(7-9-22)16-34-27-19(5)12-21(13-24(27)18(3)4)15-30-31-28(33)23-10-11-26(32)25(29)14-23/h6-15,17-18,32H,16H2,1-5H3,(H,31,33)/b30-15+. The van der Waals surface area contributed by atoms with Crippen LogP contribution in [0, 0.1) is 6.92 Å². The highest BCUT2D eigenvalue weighted by Gasteiger charge is 2.13. The maximum absolute atomic E-state index is 12.3. The van der Waals surface area contributed by atoms with Crippen LogP contribution >= 0.6 is 11.6 Å². The smallest absolute Gasteiger partial charge is 0.271 e. The fourth-order valence-electron chi connectivity index (χ4n) is 3.56. The first kappa shape index (κ1) is 25.3. The van der Waals surface area contributed by atoms with Crippen LogP contribution < -0.4 is 10.2 Å². The Labute approximate surface area is 206 Å². The summed E-state index contributed by atoms with van der Waals surface area (Å²) in [6, 6.07) is 16.8. The van der Waals surface area contributed by atoms with Crippen molar-refractivity contribution in [3.05, 3.63) is 93.0 Å². The first-order valence-corrected chi connectivity index (χ1v) is 11.7. The van der Waals surface area contributed by atoms with E-state index in [1.165, 1.54) is 23.8 Å². The van der Waals surface area contributed by atoms with Gasteiger partial charge in [0.15, 0.2) is 0 Å². The summed E-state index contributed by atoms with van der Waals surface area (Å²) in [6.45, 7) is 11.1. The van der Waals surface area contributed by atoms with Gasteiger partial charge in [-0.2, -0.15) is 5.10 Å². The molecular formula is C28H31ClN2O3. The van der Waals surface area contributed by atoms with Gasteiger partial charge in [0.05, 0.1) is 11.2 Å². The number of halogens is 1. The van der Waals surface area contributed by atoms with Crippen molar-refractivity contribution in [2.24, 2.45) is 5.10 Å². The summed E-state index contributed by atoms with van der Waals surface area (Å²) < 4.78 is 6.24. The topological polar surface area (TPSA) is 70.9 Å². The van der Waals surface area contributed by atoms with Gasteiger partial charge in [-0.25, -0.2) is 5.43 Å². The van der Waals surface area contributed by atoms with E-state index < -0.39 is 5.91 Å². The molecule has 0 atom stereocenters. The number of amides is 1. The number of rotatable bonds is 8. The minimum Gasteiger partial charge on any atom is -0.506 e. The second kappa shape index (κ2) is 11.2. The van der Waals surface area contributed by atoms with Gasteiger partial charge in [0, 0.05) is 5.56 Å². The van der Waals surface area contributed by atoms with Gasteiger partial charge in [0.25, 0.3) is 5.91 Å². The molecule has 0 aliphatic heterocycles. The minimum atomic E-state index is -0.414. The predicted octanol–water partition coefficient (Wildman–Crippen LogP) is 6.94. The summed E-state index contributed by atoms with van der Waals surface area (Å²) >= 11 is 5.87. The zero-order valence-corrected chi connectivity index (χ0v) is 21.0. The molecule has 0 heterocycles. The van der Waals surface area contributed by atoms with Crippen molar-refractivity contribution in [2.75, 3.05) is 0 Å². The maximum atomic E-state index is 12.3. The highest BCUT2D eigenvalue weighted by molar-refractivity contribution is 6.32. The number of hydrazone groups is 1. The number of nitrogens with zero attached hydrogens (tertiary/aromatic N) is 1. The number of phenols is 1. The van der Waals surface area contributed by atoms with Gasteiger partial charge >= 0.3 is 0 Å². The molecule has 5 nitrogen and oxygen atoms in total. The normalized spacial score (nSPS) is 11.4. The number of benzene rings is 3. The first-order chi connectivity index (χ1) is 16.2. The van der Waals surface area contributed by atoms with E-state index in [-0.39, 0.29) is 16.7 Å². The molecule has 3 rings (SSSR count). The SMILES string of the molecule is Cc1cc(/C=N/NC(=O)c2ccc(O)c(Cl)c2)cc(C(C)C)c1OCc1ccc(C(C)C)cc1. The van der Waals surface area contributed by atoms with E-state index in [0.29, 0.717) is 18.1 Å². The van der Waals surface area contributed by atoms with Gasteiger partial charge < -0.3 is 9.84 Å². The Kier molecular flexibility index (Phi) is 8.35. The lowest BCUT2D eigenvalue weighted by molar-refractivity contribution is 0.0955. The van der Waals surface area contributed by atoms with Gasteiger partial charge in [-0.3, -0.25) is 4.79 Å². The van der Waals surface area contributed by atoms with Crippen molar-refractivity contribution in [2.45, 2.75) is 53.1 Å². The number of phenolic OH excluding ortho intramolecular Hbond substituents is 1. The molecule has 0 bridgehead atoms. The summed E-state index contributed by atoms with van der Waals surface area (Å²) in [7, 11) is 0. The van der Waals surface area contributed by atoms with Crippen LogP contribution in [0.1, 0.15) is 77.7 Å². The lowest BCUT2D eigenvalue weighted by Crippen LogP contribution is -2.17. The van der Waals surface area contributed by atoms with Gasteiger partial charge in [0.2, 0.25) is 0 Å². The van der Waals surface area contributed by atoms with Crippen LogP contribution in [-0.4, -0.2) is 17.2 Å². The third-order valence-electron chi connectivity index (χ3n) is 5.57. The van der Waals surface area contributed by atoms with Crippen LogP contribution in [0.15, 0.2) is 59.7 Å². The first-order valence-electron chi connectivity index (χ1n) is 11.3. The van der Waals surface area contributed by atoms with Crippen LogP contribution in [0.2, 0.25) is 5.02 Å². The monoisotopic (exact) mass is 478 g/mol. The fraction of sp³-hybridized carbons (Fsp3) is 0.286. The third kappa shape index (κ3) is 6.39. The number of hydrogen-bond acceptors (Lipinski definition) is 4. The molecule has 0 aromatic heterocycles. The van der Waals surface area contributed by atoms with Gasteiger partial charge in [-0.1, -0.05) is 63.6 Å². The van der Waals surface area contributed by atoms with Crippen molar-refractivity contribution >= 4 is 23.7 Å². The molecule has 3 aromatic rings. The van der Waals surface area contributed by atoms with Crippen molar-refractivity contribution < 1.29 is 14.6 Å². The molecule has 0 unspecified atom stereocenters. The Morgan fingerprint density at radius 3 is 2.38 bits per heavy atom. The lowest BCUT2D eigenvalue weighted by Gasteiger charge is -2.18. The maximum Gasteiger partial charge on any atom is 0.271 e. The van der Waals surface area contributed by atoms with Crippen molar-refractivity contribution in [3.8, 4) is 11.5 Å². The number of carbonyl (C=O) groups excluding carboxylic acids is 1. The molecule has 34 heavy (non-hydrogen) atoms. The summed E-state index contributed by atoms with van der Waals surface area (Å²) in [4.78, 5) is 12.3. The molecule has 1 amide bonds. The number of aromatic hydroxyl groups is 1. The minimum absolute atomic E-state index is 0.0757. The molecule has 0 saturated carbocycles. The number of nitrogens with one attached hydrogen (secondary N) is 1. The average Bonchev–Trinajstić information content (AvgIpc) is 2.80. The molecule has 0 radical (unpaired) electrons. The van der Waals surface area contributed by atoms with E-state index in [1.807, 2.05) is 19.1 Å². The summed E-state index contributed by atoms with van der Waals surface area (Å²) in [5.74, 6) is 1.14. The molecule has 0 saturated heterocycles. The molecule has 2 N–H and O–H groups in total. The average molecular weight is 479 g/mol. The van der Waals surface area contributed by atoms with E-state index in [1.54, 1.807) is 6.21 Å². The second-order valence-electron chi connectivity index (χ2n) is 8.96. The van der Waals surface area contributed by atoms with Crippen LogP contribution in [0.3, 0.4) is 0 Å². The Hall–Kier alpha value is -3.31. The van der Waals surface area contributed by atoms with E-state index in [9.17, 15) is 9.90 Å². The molecule has 3 aromatic carbocycles. The van der Waals surface area contributed by atoms with Gasteiger partial charge in [0.1, 0.15) is 18.1 Å². The number of ether oxygens (including phenoxy) is 1. The van der Waals surface area contributed by atoms with Crippen LogP contribution in [0.4, 0.5) is 0 Å². The van der Waals surface area contributed by atoms with E-state index in [4.69, 9.17) is 16.3 Å². The van der Waals surface area contributed by atoms with Crippen molar-refractivity contribution in [3.63, 3.8) is 0 Å². The zero-order valence-electron chi connectivity index (χ0n) is 20.2. The lowest BCUT2D eigenvalue weighted by atomic mass is 9.96. The van der Waals surface area contributed by atoms with E-state index in [0.717, 1.165) is 28.0 Å². The highest BCUT2D eigenvalue weighted by Crippen LogP contribution is 2.32. The largest absolute Gasteiger partial charge is 0.506 e. The van der Waals surface area contributed by atoms with Gasteiger partial charge in [-0.05, 0) is 76.9 Å². The quantitative estimate of drug-likeness (QED) is 0.272. The Balaban J connectivity index is 1.72. The fourth-order valence-corrected chi connectivity index (χ4v) is 3.74. The zero-order chi connectivity index (χ0) is 24.8. The molecule has 0 aliphatic carbocycles. The molecule has 0 spiro atoms. The van der Waals surface area contributed by atoms with Crippen LogP contribution in [0.5, 0.6) is 11.5 Å². The van der Waals surface area contributed by atoms with E-state index in [2.05, 4.69) is 62.5 Å². The Morgan fingerprint density at radius 1 is 1.06 bits per heavy atom. The second-order valence-corrected chi connectivity index (χ2v) is 9.37. The van der Waals surface area contributed by atoms with Crippen molar-refractivity contribution in [1.82, 2.24) is 5.43 Å². The molecule has 6 heteroatoms.